The summed E-state index contributed by atoms with van der Waals surface area (Å²) in [6.07, 6.45) is 0. The number of hydrogen-bond donors (Lipinski definition) is 2. The zero-order chi connectivity index (χ0) is 17.3. The van der Waals surface area contributed by atoms with Crippen molar-refractivity contribution in [3.8, 4) is 11.1 Å². The minimum absolute atomic E-state index is 0.187. The van der Waals surface area contributed by atoms with Gasteiger partial charge in [0.15, 0.2) is 5.82 Å². The number of carbonyl (C=O) groups excluding carboxylic acids is 1. The SMILES string of the molecule is Cc1ccc(C(=O)Nc2n[nH]c(C)c2-c2cccc(Cl)c2)cc1C. The molecule has 1 aromatic heterocycles. The van der Waals surface area contributed by atoms with Gasteiger partial charge in [0.2, 0.25) is 0 Å². The van der Waals surface area contributed by atoms with E-state index in [1.54, 1.807) is 0 Å². The third kappa shape index (κ3) is 3.19. The van der Waals surface area contributed by atoms with Crippen LogP contribution in [0.1, 0.15) is 27.2 Å². The first kappa shape index (κ1) is 16.3. The van der Waals surface area contributed by atoms with Gasteiger partial charge in [0, 0.05) is 21.8 Å². The van der Waals surface area contributed by atoms with Crippen molar-refractivity contribution >= 4 is 23.3 Å². The van der Waals surface area contributed by atoms with Gasteiger partial charge in [-0.1, -0.05) is 29.8 Å². The van der Waals surface area contributed by atoms with Gasteiger partial charge in [-0.15, -0.1) is 0 Å². The molecule has 5 heteroatoms. The van der Waals surface area contributed by atoms with Crippen LogP contribution < -0.4 is 5.32 Å². The fraction of sp³-hybridized carbons (Fsp3) is 0.158. The van der Waals surface area contributed by atoms with Crippen molar-refractivity contribution in [2.75, 3.05) is 5.32 Å². The lowest BCUT2D eigenvalue weighted by Gasteiger charge is -2.08. The van der Waals surface area contributed by atoms with Crippen LogP contribution in [0.5, 0.6) is 0 Å². The highest BCUT2D eigenvalue weighted by Crippen LogP contribution is 2.31. The van der Waals surface area contributed by atoms with E-state index in [-0.39, 0.29) is 5.91 Å². The number of nitrogens with zero attached hydrogens (tertiary/aromatic N) is 1. The van der Waals surface area contributed by atoms with Crippen molar-refractivity contribution in [1.82, 2.24) is 10.2 Å². The molecule has 4 nitrogen and oxygen atoms in total. The monoisotopic (exact) mass is 339 g/mol. The zero-order valence-electron chi connectivity index (χ0n) is 13.8. The molecule has 2 N–H and O–H groups in total. The highest BCUT2D eigenvalue weighted by molar-refractivity contribution is 6.30. The Balaban J connectivity index is 1.93. The van der Waals surface area contributed by atoms with Gasteiger partial charge in [-0.3, -0.25) is 9.89 Å². The van der Waals surface area contributed by atoms with Crippen molar-refractivity contribution in [2.24, 2.45) is 0 Å². The van der Waals surface area contributed by atoms with Gasteiger partial charge in [0.1, 0.15) is 0 Å². The average molecular weight is 340 g/mol. The Labute approximate surface area is 145 Å². The molecule has 0 spiro atoms. The molecule has 1 amide bonds. The Hall–Kier alpha value is -2.59. The van der Waals surface area contributed by atoms with E-state index in [4.69, 9.17) is 11.6 Å². The Bertz CT molecular complexity index is 915. The number of amides is 1. The lowest BCUT2D eigenvalue weighted by Crippen LogP contribution is -2.13. The second-order valence-corrected chi connectivity index (χ2v) is 6.27. The van der Waals surface area contributed by atoms with Gasteiger partial charge in [-0.2, -0.15) is 5.10 Å². The molecule has 0 saturated carbocycles. The van der Waals surface area contributed by atoms with Crippen molar-refractivity contribution in [1.29, 1.82) is 0 Å². The molecule has 0 fully saturated rings. The minimum Gasteiger partial charge on any atom is -0.305 e. The Kier molecular flexibility index (Phi) is 4.40. The first-order chi connectivity index (χ1) is 11.5. The molecule has 0 aliphatic heterocycles. The predicted octanol–water partition coefficient (Wildman–Crippen LogP) is 4.91. The molecule has 0 aliphatic carbocycles. The predicted molar refractivity (Wildman–Crippen MR) is 97.6 cm³/mol. The van der Waals surface area contributed by atoms with E-state index in [1.165, 1.54) is 0 Å². The van der Waals surface area contributed by atoms with Gasteiger partial charge in [-0.25, -0.2) is 0 Å². The van der Waals surface area contributed by atoms with Gasteiger partial charge >= 0.3 is 0 Å². The number of anilines is 1. The van der Waals surface area contributed by atoms with Crippen LogP contribution in [0.3, 0.4) is 0 Å². The number of carbonyl (C=O) groups is 1. The number of benzene rings is 2. The highest BCUT2D eigenvalue weighted by atomic mass is 35.5. The molecule has 24 heavy (non-hydrogen) atoms. The summed E-state index contributed by atoms with van der Waals surface area (Å²) in [6.45, 7) is 5.92. The molecule has 1 heterocycles. The largest absolute Gasteiger partial charge is 0.305 e. The fourth-order valence-corrected chi connectivity index (χ4v) is 2.77. The number of aromatic amines is 1. The van der Waals surface area contributed by atoms with Gasteiger partial charge in [-0.05, 0) is 61.7 Å². The summed E-state index contributed by atoms with van der Waals surface area (Å²) in [6, 6.07) is 13.1. The minimum atomic E-state index is -0.187. The van der Waals surface area contributed by atoms with Crippen LogP contribution in [-0.2, 0) is 0 Å². The molecule has 2 aromatic carbocycles. The topological polar surface area (TPSA) is 57.8 Å². The molecule has 0 unspecified atom stereocenters. The van der Waals surface area contributed by atoms with Crippen LogP contribution in [0, 0.1) is 20.8 Å². The molecule has 0 atom stereocenters. The maximum atomic E-state index is 12.5. The second-order valence-electron chi connectivity index (χ2n) is 5.84. The standard InChI is InChI=1S/C19H18ClN3O/c1-11-7-8-15(9-12(11)2)19(24)21-18-17(13(3)22-23-18)14-5-4-6-16(20)10-14/h4-10H,1-3H3,(H2,21,22,23,24). The van der Waals surface area contributed by atoms with E-state index < -0.39 is 0 Å². The van der Waals surface area contributed by atoms with E-state index in [1.807, 2.05) is 63.2 Å². The van der Waals surface area contributed by atoms with Crippen LogP contribution in [-0.4, -0.2) is 16.1 Å². The molecule has 122 valence electrons. The van der Waals surface area contributed by atoms with Crippen LogP contribution in [0.4, 0.5) is 5.82 Å². The molecular weight excluding hydrogens is 322 g/mol. The number of halogens is 1. The molecule has 0 aliphatic rings. The lowest BCUT2D eigenvalue weighted by molar-refractivity contribution is 0.102. The summed E-state index contributed by atoms with van der Waals surface area (Å²) >= 11 is 6.08. The highest BCUT2D eigenvalue weighted by Gasteiger charge is 2.16. The third-order valence-corrected chi connectivity index (χ3v) is 4.30. The molecular formula is C19H18ClN3O. The molecule has 3 rings (SSSR count). The first-order valence-corrected chi connectivity index (χ1v) is 8.03. The molecule has 0 bridgehead atoms. The maximum absolute atomic E-state index is 12.5. The maximum Gasteiger partial charge on any atom is 0.256 e. The second kappa shape index (κ2) is 6.49. The van der Waals surface area contributed by atoms with E-state index in [2.05, 4.69) is 15.5 Å². The summed E-state index contributed by atoms with van der Waals surface area (Å²) < 4.78 is 0. The lowest BCUT2D eigenvalue weighted by atomic mass is 10.0. The summed E-state index contributed by atoms with van der Waals surface area (Å²) in [4.78, 5) is 12.5. The smallest absolute Gasteiger partial charge is 0.256 e. The van der Waals surface area contributed by atoms with Crippen molar-refractivity contribution < 1.29 is 4.79 Å². The summed E-state index contributed by atoms with van der Waals surface area (Å²) in [5, 5.41) is 10.7. The number of hydrogen-bond acceptors (Lipinski definition) is 2. The van der Waals surface area contributed by atoms with E-state index >= 15 is 0 Å². The number of aryl methyl sites for hydroxylation is 3. The normalized spacial score (nSPS) is 10.7. The van der Waals surface area contributed by atoms with Gasteiger partial charge in [0.05, 0.1) is 0 Å². The Morgan fingerprint density at radius 3 is 2.58 bits per heavy atom. The summed E-state index contributed by atoms with van der Waals surface area (Å²) in [7, 11) is 0. The third-order valence-electron chi connectivity index (χ3n) is 4.06. The number of H-pyrrole nitrogens is 1. The average Bonchev–Trinajstić information content (AvgIpc) is 2.90. The number of nitrogens with one attached hydrogen (secondary N) is 2. The van der Waals surface area contributed by atoms with Crippen molar-refractivity contribution in [2.45, 2.75) is 20.8 Å². The zero-order valence-corrected chi connectivity index (χ0v) is 14.5. The Morgan fingerprint density at radius 2 is 1.88 bits per heavy atom. The van der Waals surface area contributed by atoms with Crippen molar-refractivity contribution in [3.63, 3.8) is 0 Å². The van der Waals surface area contributed by atoms with Gasteiger partial charge < -0.3 is 5.32 Å². The first-order valence-electron chi connectivity index (χ1n) is 7.65. The summed E-state index contributed by atoms with van der Waals surface area (Å²) in [5.74, 6) is 0.311. The number of aromatic nitrogens is 2. The van der Waals surface area contributed by atoms with Crippen LogP contribution in [0.2, 0.25) is 5.02 Å². The van der Waals surface area contributed by atoms with Crippen LogP contribution in [0.15, 0.2) is 42.5 Å². The Morgan fingerprint density at radius 1 is 1.08 bits per heavy atom. The molecule has 0 saturated heterocycles. The van der Waals surface area contributed by atoms with E-state index in [0.717, 1.165) is 27.9 Å². The van der Waals surface area contributed by atoms with Gasteiger partial charge in [0.25, 0.3) is 5.91 Å². The molecule has 3 aromatic rings. The van der Waals surface area contributed by atoms with Crippen molar-refractivity contribution in [3.05, 3.63) is 69.9 Å². The summed E-state index contributed by atoms with van der Waals surface area (Å²) in [5.41, 5.74) is 5.46. The number of rotatable bonds is 3. The molecule has 0 radical (unpaired) electrons. The van der Waals surface area contributed by atoms with E-state index in [9.17, 15) is 4.79 Å². The quantitative estimate of drug-likeness (QED) is 0.712. The van der Waals surface area contributed by atoms with E-state index in [0.29, 0.717) is 16.4 Å². The fourth-order valence-electron chi connectivity index (χ4n) is 2.58. The van der Waals surface area contributed by atoms with Crippen LogP contribution >= 0.6 is 11.6 Å². The van der Waals surface area contributed by atoms with Crippen LogP contribution in [0.25, 0.3) is 11.1 Å².